The van der Waals surface area contributed by atoms with E-state index in [1.165, 1.54) is 6.07 Å². The summed E-state index contributed by atoms with van der Waals surface area (Å²) in [7, 11) is -4.07. The largest absolute Gasteiger partial charge is 0.375 e. The second kappa shape index (κ2) is 4.86. The van der Waals surface area contributed by atoms with E-state index in [-0.39, 0.29) is 0 Å². The first-order valence-electron chi connectivity index (χ1n) is 4.42. The quantitative estimate of drug-likeness (QED) is 0.445. The van der Waals surface area contributed by atoms with E-state index in [1.807, 2.05) is 0 Å². The van der Waals surface area contributed by atoms with Gasteiger partial charge in [-0.25, -0.2) is 0 Å². The van der Waals surface area contributed by atoms with Crippen LogP contribution in [0.4, 0.5) is 11.4 Å². The topological polar surface area (TPSA) is 153 Å². The van der Waals surface area contributed by atoms with Gasteiger partial charge in [-0.05, 0) is 0 Å². The molecule has 0 spiro atoms. The minimum Gasteiger partial charge on any atom is -0.375 e. The predicted molar refractivity (Wildman–Crippen MR) is 59.9 cm³/mol. The number of nitriles is 1. The van der Waals surface area contributed by atoms with Crippen LogP contribution in [0.3, 0.4) is 0 Å². The Labute approximate surface area is 106 Å². The molecule has 100 valence electrons. The van der Waals surface area contributed by atoms with E-state index in [2.05, 4.69) is 4.18 Å². The fourth-order valence-corrected chi connectivity index (χ4v) is 1.63. The average molecular weight is 287 g/mol. The molecule has 19 heavy (non-hydrogen) atoms. The smallest absolute Gasteiger partial charge is 0.319 e. The van der Waals surface area contributed by atoms with Gasteiger partial charge in [-0.1, -0.05) is 0 Å². The van der Waals surface area contributed by atoms with E-state index >= 15 is 0 Å². The number of benzene rings is 1. The minimum absolute atomic E-state index is 0.471. The van der Waals surface area contributed by atoms with Gasteiger partial charge >= 0.3 is 15.8 Å². The normalized spacial score (nSPS) is 10.5. The predicted octanol–water partition coefficient (Wildman–Crippen LogP) is 0.713. The highest BCUT2D eigenvalue weighted by Crippen LogP contribution is 2.34. The zero-order valence-corrected chi connectivity index (χ0v) is 10.1. The molecule has 11 heteroatoms. The second-order valence-corrected chi connectivity index (χ2v) is 4.83. The summed E-state index contributed by atoms with van der Waals surface area (Å²) < 4.78 is 26.2. The molecule has 0 aromatic heterocycles. The first-order valence-corrected chi connectivity index (χ1v) is 6.23. The lowest BCUT2D eigenvalue weighted by atomic mass is 10.1. The van der Waals surface area contributed by atoms with Gasteiger partial charge in [0.2, 0.25) is 5.75 Å². The molecule has 0 radical (unpaired) electrons. The summed E-state index contributed by atoms with van der Waals surface area (Å²) in [5.41, 5.74) is -2.28. The van der Waals surface area contributed by atoms with E-state index in [0.29, 0.717) is 18.4 Å². The van der Waals surface area contributed by atoms with Crippen LogP contribution in [0.15, 0.2) is 12.1 Å². The first kappa shape index (κ1) is 14.3. The Bertz CT molecular complexity index is 704. The number of hydrogen-bond donors (Lipinski definition) is 0. The highest BCUT2D eigenvalue weighted by atomic mass is 32.2. The SMILES string of the molecule is CS(=O)(=O)Oc1cc(C#N)c([N+](=O)[O-])cc1[N+](=O)[O-]. The van der Waals surface area contributed by atoms with Crippen molar-refractivity contribution in [2.45, 2.75) is 0 Å². The molecule has 0 saturated carbocycles. The van der Waals surface area contributed by atoms with Crippen LogP contribution in [0.5, 0.6) is 5.75 Å². The van der Waals surface area contributed by atoms with Crippen molar-refractivity contribution in [1.82, 2.24) is 0 Å². The van der Waals surface area contributed by atoms with Crippen LogP contribution in [0.25, 0.3) is 0 Å². The summed E-state index contributed by atoms with van der Waals surface area (Å²) in [6, 6.07) is 2.54. The number of nitro groups is 2. The zero-order valence-electron chi connectivity index (χ0n) is 9.26. The second-order valence-electron chi connectivity index (χ2n) is 3.25. The van der Waals surface area contributed by atoms with Gasteiger partial charge < -0.3 is 4.18 Å². The summed E-state index contributed by atoms with van der Waals surface area (Å²) in [6.45, 7) is 0. The molecule has 10 nitrogen and oxygen atoms in total. The summed E-state index contributed by atoms with van der Waals surface area (Å²) in [5.74, 6) is -0.755. The molecule has 0 heterocycles. The van der Waals surface area contributed by atoms with Crippen LogP contribution in [0, 0.1) is 31.6 Å². The van der Waals surface area contributed by atoms with E-state index in [4.69, 9.17) is 5.26 Å². The summed E-state index contributed by atoms with van der Waals surface area (Å²) in [5, 5.41) is 30.0. The molecular formula is C8H5N3O7S. The number of hydrogen-bond acceptors (Lipinski definition) is 8. The molecule has 0 N–H and O–H groups in total. The monoisotopic (exact) mass is 287 g/mol. The molecule has 0 saturated heterocycles. The van der Waals surface area contributed by atoms with Crippen molar-refractivity contribution < 1.29 is 22.4 Å². The fourth-order valence-electron chi connectivity index (χ4n) is 1.17. The van der Waals surface area contributed by atoms with E-state index in [0.717, 1.165) is 0 Å². The van der Waals surface area contributed by atoms with Crippen LogP contribution in [-0.4, -0.2) is 24.5 Å². The van der Waals surface area contributed by atoms with Gasteiger partial charge in [-0.2, -0.15) is 13.7 Å². The Kier molecular flexibility index (Phi) is 3.67. The molecule has 0 fully saturated rings. The van der Waals surface area contributed by atoms with Gasteiger partial charge in [0.1, 0.15) is 11.6 Å². The summed E-state index contributed by atoms with van der Waals surface area (Å²) in [6.07, 6.45) is 0.643. The Balaban J connectivity index is 3.59. The van der Waals surface area contributed by atoms with Crippen LogP contribution in [-0.2, 0) is 10.1 Å². The lowest BCUT2D eigenvalue weighted by Gasteiger charge is -2.04. The number of nitro benzene ring substituents is 2. The number of nitrogens with zero attached hydrogens (tertiary/aromatic N) is 3. The van der Waals surface area contributed by atoms with Crippen molar-refractivity contribution in [3.8, 4) is 11.8 Å². The highest BCUT2D eigenvalue weighted by Gasteiger charge is 2.27. The van der Waals surface area contributed by atoms with E-state index < -0.39 is 42.7 Å². The molecule has 1 aromatic rings. The third-order valence-corrected chi connectivity index (χ3v) is 2.31. The molecule has 0 aliphatic carbocycles. The third kappa shape index (κ3) is 3.36. The van der Waals surface area contributed by atoms with Crippen molar-refractivity contribution in [1.29, 1.82) is 5.26 Å². The van der Waals surface area contributed by atoms with Crippen molar-refractivity contribution in [3.63, 3.8) is 0 Å². The van der Waals surface area contributed by atoms with Gasteiger partial charge in [0, 0.05) is 6.07 Å². The van der Waals surface area contributed by atoms with Crippen LogP contribution in [0.1, 0.15) is 5.56 Å². The molecular weight excluding hydrogens is 282 g/mol. The van der Waals surface area contributed by atoms with Gasteiger partial charge in [0.05, 0.1) is 22.2 Å². The van der Waals surface area contributed by atoms with Crippen LogP contribution in [0.2, 0.25) is 0 Å². The van der Waals surface area contributed by atoms with Crippen molar-refractivity contribution in [3.05, 3.63) is 37.9 Å². The molecule has 0 atom stereocenters. The molecule has 1 aromatic carbocycles. The fraction of sp³-hybridized carbons (Fsp3) is 0.125. The maximum Gasteiger partial charge on any atom is 0.319 e. The van der Waals surface area contributed by atoms with Crippen molar-refractivity contribution >= 4 is 21.5 Å². The van der Waals surface area contributed by atoms with Gasteiger partial charge in [0.15, 0.2) is 0 Å². The Morgan fingerprint density at radius 2 is 1.74 bits per heavy atom. The third-order valence-electron chi connectivity index (χ3n) is 1.83. The van der Waals surface area contributed by atoms with Crippen LogP contribution >= 0.6 is 0 Å². The average Bonchev–Trinajstić information content (AvgIpc) is 2.25. The lowest BCUT2D eigenvalue weighted by molar-refractivity contribution is -0.394. The maximum absolute atomic E-state index is 10.9. The lowest BCUT2D eigenvalue weighted by Crippen LogP contribution is -2.08. The number of rotatable bonds is 4. The first-order chi connectivity index (χ1) is 8.65. The molecule has 0 unspecified atom stereocenters. The molecule has 0 amide bonds. The standard InChI is InChI=1S/C8H5N3O7S/c1-19(16,17)18-8-2-5(4-9)6(10(12)13)3-7(8)11(14)15/h2-3H,1H3. The Hall–Kier alpha value is -2.74. The minimum atomic E-state index is -4.07. The molecule has 0 aliphatic heterocycles. The molecule has 0 bridgehead atoms. The Morgan fingerprint density at radius 3 is 2.11 bits per heavy atom. The van der Waals surface area contributed by atoms with Crippen molar-refractivity contribution in [2.75, 3.05) is 6.26 Å². The van der Waals surface area contributed by atoms with E-state index in [9.17, 15) is 28.6 Å². The van der Waals surface area contributed by atoms with Crippen molar-refractivity contribution in [2.24, 2.45) is 0 Å². The van der Waals surface area contributed by atoms with Gasteiger partial charge in [0.25, 0.3) is 5.69 Å². The maximum atomic E-state index is 10.9. The van der Waals surface area contributed by atoms with E-state index in [1.54, 1.807) is 0 Å². The van der Waals surface area contributed by atoms with Gasteiger partial charge in [-0.3, -0.25) is 20.2 Å². The molecule has 0 aliphatic rings. The highest BCUT2D eigenvalue weighted by molar-refractivity contribution is 7.86. The molecule has 1 rings (SSSR count). The van der Waals surface area contributed by atoms with Crippen LogP contribution < -0.4 is 4.18 Å². The summed E-state index contributed by atoms with van der Waals surface area (Å²) >= 11 is 0. The zero-order chi connectivity index (χ0) is 14.8. The van der Waals surface area contributed by atoms with Gasteiger partial charge in [-0.15, -0.1) is 0 Å². The Morgan fingerprint density at radius 1 is 1.21 bits per heavy atom. The summed E-state index contributed by atoms with van der Waals surface area (Å²) in [4.78, 5) is 19.3.